The molecule has 2 heteroatoms. The number of hydrogen-bond acceptors (Lipinski definition) is 2. The monoisotopic (exact) mass is 136 g/mol. The lowest BCUT2D eigenvalue weighted by atomic mass is 10.0. The van der Waals surface area contributed by atoms with Crippen LogP contribution in [0.15, 0.2) is 35.7 Å². The van der Waals surface area contributed by atoms with E-state index >= 15 is 0 Å². The standard InChI is InChI=1S/C8H12N2/c9-6-5-7-3-1-2-4-8(7)10/h3-6H,1-2,9-10H2/b6-5-. The molecule has 0 bridgehead atoms. The maximum atomic E-state index is 5.65. The van der Waals surface area contributed by atoms with Crippen molar-refractivity contribution in [1.29, 1.82) is 0 Å². The first-order valence-corrected chi connectivity index (χ1v) is 3.39. The molecule has 10 heavy (non-hydrogen) atoms. The molecule has 4 N–H and O–H groups in total. The summed E-state index contributed by atoms with van der Waals surface area (Å²) in [5.41, 5.74) is 12.8. The topological polar surface area (TPSA) is 52.0 Å². The van der Waals surface area contributed by atoms with Crippen LogP contribution in [0.2, 0.25) is 0 Å². The van der Waals surface area contributed by atoms with Gasteiger partial charge in [-0.3, -0.25) is 0 Å². The highest BCUT2D eigenvalue weighted by molar-refractivity contribution is 5.39. The molecule has 0 aromatic heterocycles. The quantitative estimate of drug-likeness (QED) is 0.565. The normalized spacial score (nSPS) is 18.8. The maximum absolute atomic E-state index is 5.65. The summed E-state index contributed by atoms with van der Waals surface area (Å²) in [5.74, 6) is 0. The Morgan fingerprint density at radius 3 is 2.60 bits per heavy atom. The summed E-state index contributed by atoms with van der Waals surface area (Å²) in [5, 5.41) is 0. The molecule has 1 rings (SSSR count). The van der Waals surface area contributed by atoms with E-state index in [-0.39, 0.29) is 0 Å². The van der Waals surface area contributed by atoms with Gasteiger partial charge in [-0.25, -0.2) is 0 Å². The van der Waals surface area contributed by atoms with Gasteiger partial charge in [0.1, 0.15) is 0 Å². The van der Waals surface area contributed by atoms with Crippen molar-refractivity contribution < 1.29 is 0 Å². The van der Waals surface area contributed by atoms with Crippen LogP contribution in [0.25, 0.3) is 0 Å². The van der Waals surface area contributed by atoms with E-state index in [0.717, 1.165) is 24.1 Å². The zero-order valence-corrected chi connectivity index (χ0v) is 5.88. The van der Waals surface area contributed by atoms with Gasteiger partial charge in [0, 0.05) is 5.70 Å². The average Bonchev–Trinajstić information content (AvgIpc) is 1.94. The van der Waals surface area contributed by atoms with Crippen molar-refractivity contribution >= 4 is 0 Å². The molecule has 0 spiro atoms. The number of rotatable bonds is 1. The van der Waals surface area contributed by atoms with Crippen molar-refractivity contribution in [3.8, 4) is 0 Å². The van der Waals surface area contributed by atoms with Gasteiger partial charge in [0.15, 0.2) is 0 Å². The fraction of sp³-hybridized carbons (Fsp3) is 0.250. The lowest BCUT2D eigenvalue weighted by molar-refractivity contribution is 0.994. The van der Waals surface area contributed by atoms with Gasteiger partial charge in [-0.05, 0) is 30.7 Å². The van der Waals surface area contributed by atoms with E-state index in [0.29, 0.717) is 0 Å². The van der Waals surface area contributed by atoms with Crippen LogP contribution in [-0.2, 0) is 0 Å². The van der Waals surface area contributed by atoms with Gasteiger partial charge in [0.2, 0.25) is 0 Å². The average molecular weight is 136 g/mol. The summed E-state index contributed by atoms with van der Waals surface area (Å²) in [7, 11) is 0. The predicted molar refractivity (Wildman–Crippen MR) is 42.9 cm³/mol. The first-order valence-electron chi connectivity index (χ1n) is 3.39. The van der Waals surface area contributed by atoms with Gasteiger partial charge >= 0.3 is 0 Å². The van der Waals surface area contributed by atoms with Crippen LogP contribution in [-0.4, -0.2) is 0 Å². The number of nitrogens with two attached hydrogens (primary N) is 2. The molecule has 0 saturated carbocycles. The predicted octanol–water partition coefficient (Wildman–Crippen LogP) is 1.02. The molecule has 1 aliphatic rings. The van der Waals surface area contributed by atoms with Crippen molar-refractivity contribution in [3.63, 3.8) is 0 Å². The van der Waals surface area contributed by atoms with E-state index in [2.05, 4.69) is 6.08 Å². The number of allylic oxidation sites excluding steroid dienone is 3. The zero-order valence-electron chi connectivity index (χ0n) is 5.88. The van der Waals surface area contributed by atoms with Gasteiger partial charge < -0.3 is 11.5 Å². The van der Waals surface area contributed by atoms with Crippen molar-refractivity contribution in [2.75, 3.05) is 0 Å². The smallest absolute Gasteiger partial charge is 0.0344 e. The van der Waals surface area contributed by atoms with Crippen LogP contribution in [0.3, 0.4) is 0 Å². The highest BCUT2D eigenvalue weighted by Gasteiger charge is 1.99. The summed E-state index contributed by atoms with van der Waals surface area (Å²) in [6.07, 6.45) is 9.57. The van der Waals surface area contributed by atoms with Gasteiger partial charge in [0.05, 0.1) is 0 Å². The first-order chi connectivity index (χ1) is 4.84. The van der Waals surface area contributed by atoms with Gasteiger partial charge in [-0.15, -0.1) is 0 Å². The first kappa shape index (κ1) is 6.93. The zero-order chi connectivity index (χ0) is 7.40. The van der Waals surface area contributed by atoms with Gasteiger partial charge in [-0.1, -0.05) is 12.2 Å². The second-order valence-corrected chi connectivity index (χ2v) is 2.26. The lowest BCUT2D eigenvalue weighted by Gasteiger charge is -2.06. The van der Waals surface area contributed by atoms with Crippen LogP contribution < -0.4 is 11.5 Å². The SMILES string of the molecule is N/C=C\C1=CCCC=C1N. The van der Waals surface area contributed by atoms with Crippen LogP contribution in [0.5, 0.6) is 0 Å². The van der Waals surface area contributed by atoms with Crippen molar-refractivity contribution in [2.24, 2.45) is 11.5 Å². The van der Waals surface area contributed by atoms with Gasteiger partial charge in [0.25, 0.3) is 0 Å². The number of hydrogen-bond donors (Lipinski definition) is 2. The molecule has 0 saturated heterocycles. The summed E-state index contributed by atoms with van der Waals surface area (Å²) in [6, 6.07) is 0. The van der Waals surface area contributed by atoms with Crippen LogP contribution >= 0.6 is 0 Å². The van der Waals surface area contributed by atoms with E-state index < -0.39 is 0 Å². The molecule has 1 aliphatic carbocycles. The Morgan fingerprint density at radius 2 is 2.00 bits per heavy atom. The third kappa shape index (κ3) is 1.41. The van der Waals surface area contributed by atoms with E-state index in [1.165, 1.54) is 6.20 Å². The Kier molecular flexibility index (Phi) is 2.15. The van der Waals surface area contributed by atoms with Crippen LogP contribution in [0.1, 0.15) is 12.8 Å². The molecule has 0 atom stereocenters. The van der Waals surface area contributed by atoms with Crippen LogP contribution in [0, 0.1) is 0 Å². The maximum Gasteiger partial charge on any atom is 0.0344 e. The molecule has 0 radical (unpaired) electrons. The molecule has 0 fully saturated rings. The van der Waals surface area contributed by atoms with Crippen LogP contribution in [0.4, 0.5) is 0 Å². The third-order valence-corrected chi connectivity index (χ3v) is 1.50. The minimum Gasteiger partial charge on any atom is -0.405 e. The van der Waals surface area contributed by atoms with E-state index in [4.69, 9.17) is 11.5 Å². The van der Waals surface area contributed by atoms with Gasteiger partial charge in [-0.2, -0.15) is 0 Å². The van der Waals surface area contributed by atoms with E-state index in [1.54, 1.807) is 0 Å². The second kappa shape index (κ2) is 3.11. The summed E-state index contributed by atoms with van der Waals surface area (Å²) in [4.78, 5) is 0. The Hall–Kier alpha value is -1.18. The third-order valence-electron chi connectivity index (χ3n) is 1.50. The Morgan fingerprint density at radius 1 is 1.30 bits per heavy atom. The Labute approximate surface area is 60.9 Å². The van der Waals surface area contributed by atoms with E-state index in [9.17, 15) is 0 Å². The molecule has 0 heterocycles. The fourth-order valence-corrected chi connectivity index (χ4v) is 0.981. The molecule has 0 unspecified atom stereocenters. The summed E-state index contributed by atoms with van der Waals surface area (Å²) in [6.45, 7) is 0. The van der Waals surface area contributed by atoms with Crippen molar-refractivity contribution in [2.45, 2.75) is 12.8 Å². The summed E-state index contributed by atoms with van der Waals surface area (Å²) < 4.78 is 0. The second-order valence-electron chi connectivity index (χ2n) is 2.26. The molecule has 0 aromatic carbocycles. The lowest BCUT2D eigenvalue weighted by Crippen LogP contribution is -2.02. The molecular formula is C8H12N2. The Balaban J connectivity index is 2.74. The molecule has 0 aliphatic heterocycles. The highest BCUT2D eigenvalue weighted by Crippen LogP contribution is 2.14. The fourth-order valence-electron chi connectivity index (χ4n) is 0.981. The highest BCUT2D eigenvalue weighted by atomic mass is 14.6. The molecule has 0 amide bonds. The molecule has 0 aromatic rings. The molecule has 54 valence electrons. The minimum atomic E-state index is 0.841. The van der Waals surface area contributed by atoms with E-state index in [1.807, 2.05) is 12.2 Å². The minimum absolute atomic E-state index is 0.841. The largest absolute Gasteiger partial charge is 0.405 e. The summed E-state index contributed by atoms with van der Waals surface area (Å²) >= 11 is 0. The van der Waals surface area contributed by atoms with Crippen molar-refractivity contribution in [1.82, 2.24) is 0 Å². The Bertz CT molecular complexity index is 199. The van der Waals surface area contributed by atoms with Crippen molar-refractivity contribution in [3.05, 3.63) is 35.7 Å². The molecular weight excluding hydrogens is 124 g/mol. The molecule has 2 nitrogen and oxygen atoms in total.